The van der Waals surface area contributed by atoms with E-state index >= 15 is 0 Å². The fourth-order valence-corrected chi connectivity index (χ4v) is 1.53. The fraction of sp³-hybridized carbons (Fsp3) is 0.0714. The minimum atomic E-state index is 1.02. The number of pyridine rings is 1. The third-order valence-corrected chi connectivity index (χ3v) is 2.21. The Kier molecular flexibility index (Phi) is 2.93. The Balaban J connectivity index is 2.41. The maximum atomic E-state index is 4.33. The third kappa shape index (κ3) is 2.32. The molecule has 1 aromatic carbocycles. The first-order valence-corrected chi connectivity index (χ1v) is 5.04. The van der Waals surface area contributed by atoms with E-state index in [0.717, 1.165) is 11.3 Å². The molecule has 0 N–H and O–H groups in total. The zero-order valence-corrected chi connectivity index (χ0v) is 8.72. The molecule has 0 unspecified atom stereocenters. The van der Waals surface area contributed by atoms with Crippen molar-refractivity contribution < 1.29 is 0 Å². The molecule has 74 valence electrons. The van der Waals surface area contributed by atoms with Crippen LogP contribution in [0.1, 0.15) is 12.5 Å². The van der Waals surface area contributed by atoms with Crippen LogP contribution >= 0.6 is 0 Å². The van der Waals surface area contributed by atoms with Crippen LogP contribution in [-0.4, -0.2) is 4.98 Å². The molecule has 0 fully saturated rings. The monoisotopic (exact) mass is 195 g/mol. The summed E-state index contributed by atoms with van der Waals surface area (Å²) in [6, 6.07) is 14.3. The topological polar surface area (TPSA) is 12.9 Å². The average Bonchev–Trinajstić information content (AvgIpc) is 2.31. The number of hydrogen-bond acceptors (Lipinski definition) is 1. The Hall–Kier alpha value is -1.89. The Bertz CT molecular complexity index is 458. The van der Waals surface area contributed by atoms with Gasteiger partial charge in [-0.25, -0.2) is 0 Å². The lowest BCUT2D eigenvalue weighted by Gasteiger charge is -2.01. The molecule has 0 saturated heterocycles. The summed E-state index contributed by atoms with van der Waals surface area (Å²) < 4.78 is 0. The van der Waals surface area contributed by atoms with Gasteiger partial charge in [0.05, 0.1) is 5.69 Å². The molecule has 1 nitrogen and oxygen atoms in total. The molecule has 1 heterocycles. The molecular weight excluding hydrogens is 182 g/mol. The van der Waals surface area contributed by atoms with Gasteiger partial charge in [-0.1, -0.05) is 36.4 Å². The molecule has 0 radical (unpaired) electrons. The lowest BCUT2D eigenvalue weighted by molar-refractivity contribution is 1.33. The van der Waals surface area contributed by atoms with Gasteiger partial charge in [0.2, 0.25) is 0 Å². The summed E-state index contributed by atoms with van der Waals surface area (Å²) in [7, 11) is 0. The van der Waals surface area contributed by atoms with Gasteiger partial charge in [0.25, 0.3) is 0 Å². The highest BCUT2D eigenvalue weighted by molar-refractivity contribution is 5.64. The van der Waals surface area contributed by atoms with Crippen molar-refractivity contribution in [2.45, 2.75) is 6.92 Å². The van der Waals surface area contributed by atoms with Crippen LogP contribution < -0.4 is 0 Å². The second-order valence-corrected chi connectivity index (χ2v) is 3.34. The van der Waals surface area contributed by atoms with Crippen molar-refractivity contribution in [1.29, 1.82) is 0 Å². The highest BCUT2D eigenvalue weighted by Gasteiger charge is 1.97. The second-order valence-electron chi connectivity index (χ2n) is 3.34. The molecule has 2 rings (SSSR count). The highest BCUT2D eigenvalue weighted by atomic mass is 14.7. The molecule has 0 atom stereocenters. The van der Waals surface area contributed by atoms with Gasteiger partial charge in [-0.05, 0) is 30.7 Å². The summed E-state index contributed by atoms with van der Waals surface area (Å²) in [4.78, 5) is 4.33. The normalized spacial score (nSPS) is 10.7. The quantitative estimate of drug-likeness (QED) is 0.710. The van der Waals surface area contributed by atoms with Gasteiger partial charge in [-0.15, -0.1) is 0 Å². The van der Waals surface area contributed by atoms with Crippen LogP contribution in [0.5, 0.6) is 0 Å². The van der Waals surface area contributed by atoms with E-state index in [2.05, 4.69) is 35.3 Å². The molecule has 0 saturated carbocycles. The van der Waals surface area contributed by atoms with Crippen LogP contribution in [0, 0.1) is 0 Å². The molecule has 0 bridgehead atoms. The smallest absolute Gasteiger partial charge is 0.0702 e. The molecule has 1 heteroatoms. The molecular formula is C14H13N. The number of aromatic nitrogens is 1. The van der Waals surface area contributed by atoms with E-state index in [9.17, 15) is 0 Å². The Morgan fingerprint density at radius 2 is 2.00 bits per heavy atom. The van der Waals surface area contributed by atoms with Crippen molar-refractivity contribution in [2.24, 2.45) is 0 Å². The van der Waals surface area contributed by atoms with Crippen molar-refractivity contribution >= 4 is 6.08 Å². The van der Waals surface area contributed by atoms with Crippen molar-refractivity contribution in [3.8, 4) is 11.3 Å². The lowest BCUT2D eigenvalue weighted by Crippen LogP contribution is -1.82. The lowest BCUT2D eigenvalue weighted by atomic mass is 10.1. The number of hydrogen-bond donors (Lipinski definition) is 0. The van der Waals surface area contributed by atoms with Crippen molar-refractivity contribution in [1.82, 2.24) is 4.98 Å². The summed E-state index contributed by atoms with van der Waals surface area (Å²) in [6.45, 7) is 2.02. The van der Waals surface area contributed by atoms with Crippen molar-refractivity contribution in [3.05, 3.63) is 60.3 Å². The first-order chi connectivity index (χ1) is 7.40. The van der Waals surface area contributed by atoms with Gasteiger partial charge in [-0.2, -0.15) is 0 Å². The SMILES string of the molecule is C/C=C/c1cccc(-c2ccccn2)c1. The van der Waals surface area contributed by atoms with E-state index < -0.39 is 0 Å². The van der Waals surface area contributed by atoms with Gasteiger partial charge in [-0.3, -0.25) is 4.98 Å². The molecule has 0 amide bonds. The van der Waals surface area contributed by atoms with Crippen LogP contribution in [0.3, 0.4) is 0 Å². The first-order valence-electron chi connectivity index (χ1n) is 5.04. The summed E-state index contributed by atoms with van der Waals surface area (Å²) in [5.74, 6) is 0. The second kappa shape index (κ2) is 4.56. The van der Waals surface area contributed by atoms with Gasteiger partial charge in [0.1, 0.15) is 0 Å². The standard InChI is InChI=1S/C14H13N/c1-2-6-12-7-5-8-13(11-12)14-9-3-4-10-15-14/h2-11H,1H3/b6-2+. The number of nitrogens with zero attached hydrogens (tertiary/aromatic N) is 1. The Morgan fingerprint density at radius 1 is 1.07 bits per heavy atom. The van der Waals surface area contributed by atoms with Crippen molar-refractivity contribution in [3.63, 3.8) is 0 Å². The van der Waals surface area contributed by atoms with E-state index in [0.29, 0.717) is 0 Å². The van der Waals surface area contributed by atoms with Crippen LogP contribution in [-0.2, 0) is 0 Å². The van der Waals surface area contributed by atoms with Gasteiger partial charge < -0.3 is 0 Å². The summed E-state index contributed by atoms with van der Waals surface area (Å²) >= 11 is 0. The van der Waals surface area contributed by atoms with E-state index in [1.807, 2.05) is 37.4 Å². The maximum Gasteiger partial charge on any atom is 0.0702 e. The average molecular weight is 195 g/mol. The predicted octanol–water partition coefficient (Wildman–Crippen LogP) is 3.78. The summed E-state index contributed by atoms with van der Waals surface area (Å²) in [5, 5.41) is 0. The zero-order chi connectivity index (χ0) is 10.5. The minimum Gasteiger partial charge on any atom is -0.256 e. The summed E-state index contributed by atoms with van der Waals surface area (Å²) in [6.07, 6.45) is 5.95. The molecule has 15 heavy (non-hydrogen) atoms. The van der Waals surface area contributed by atoms with E-state index in [-0.39, 0.29) is 0 Å². The van der Waals surface area contributed by atoms with E-state index in [4.69, 9.17) is 0 Å². The molecule has 0 aliphatic carbocycles. The number of allylic oxidation sites excluding steroid dienone is 1. The van der Waals surface area contributed by atoms with E-state index in [1.54, 1.807) is 0 Å². The van der Waals surface area contributed by atoms with Gasteiger partial charge >= 0.3 is 0 Å². The van der Waals surface area contributed by atoms with Crippen LogP contribution in [0.4, 0.5) is 0 Å². The first kappa shape index (κ1) is 9.66. The Labute approximate surface area is 90.1 Å². The maximum absolute atomic E-state index is 4.33. The third-order valence-electron chi connectivity index (χ3n) is 2.21. The molecule has 1 aromatic heterocycles. The van der Waals surface area contributed by atoms with Gasteiger partial charge in [0.15, 0.2) is 0 Å². The summed E-state index contributed by atoms with van der Waals surface area (Å²) in [5.41, 5.74) is 3.38. The Morgan fingerprint density at radius 3 is 2.73 bits per heavy atom. The van der Waals surface area contributed by atoms with Crippen LogP contribution in [0.2, 0.25) is 0 Å². The largest absolute Gasteiger partial charge is 0.256 e. The highest BCUT2D eigenvalue weighted by Crippen LogP contribution is 2.18. The van der Waals surface area contributed by atoms with Crippen LogP contribution in [0.15, 0.2) is 54.7 Å². The number of benzene rings is 1. The molecule has 0 spiro atoms. The number of rotatable bonds is 2. The zero-order valence-electron chi connectivity index (χ0n) is 8.72. The minimum absolute atomic E-state index is 1.02. The molecule has 0 aliphatic heterocycles. The predicted molar refractivity (Wildman–Crippen MR) is 64.4 cm³/mol. The van der Waals surface area contributed by atoms with Crippen LogP contribution in [0.25, 0.3) is 17.3 Å². The van der Waals surface area contributed by atoms with Crippen molar-refractivity contribution in [2.75, 3.05) is 0 Å². The van der Waals surface area contributed by atoms with Gasteiger partial charge in [0, 0.05) is 11.8 Å². The molecule has 2 aromatic rings. The molecule has 0 aliphatic rings. The van der Waals surface area contributed by atoms with E-state index in [1.165, 1.54) is 5.56 Å². The fourth-order valence-electron chi connectivity index (χ4n) is 1.53.